The van der Waals surface area contributed by atoms with Crippen LogP contribution >= 0.6 is 0 Å². The topological polar surface area (TPSA) is 60.2 Å². The van der Waals surface area contributed by atoms with Crippen LogP contribution < -0.4 is 0 Å². The molecule has 2 aromatic heterocycles. The van der Waals surface area contributed by atoms with Gasteiger partial charge in [0, 0.05) is 50.8 Å². The van der Waals surface area contributed by atoms with Gasteiger partial charge in [0.05, 0.1) is 12.7 Å². The predicted octanol–water partition coefficient (Wildman–Crippen LogP) is 1.88. The molecule has 23 heavy (non-hydrogen) atoms. The largest absolute Gasteiger partial charge is 0.372 e. The second kappa shape index (κ2) is 7.87. The van der Waals surface area contributed by atoms with Crippen molar-refractivity contribution in [2.75, 3.05) is 13.1 Å². The van der Waals surface area contributed by atoms with E-state index in [1.165, 1.54) is 0 Å². The first-order chi connectivity index (χ1) is 11.3. The van der Waals surface area contributed by atoms with Gasteiger partial charge in [-0.05, 0) is 30.5 Å². The number of ether oxygens (including phenoxy) is 1. The Kier molecular flexibility index (Phi) is 5.37. The van der Waals surface area contributed by atoms with Crippen LogP contribution in [0.25, 0.3) is 0 Å². The number of carbonyl (C=O) groups excluding carboxylic acids is 1. The normalized spacial score (nSPS) is 18.1. The first kappa shape index (κ1) is 15.7. The summed E-state index contributed by atoms with van der Waals surface area (Å²) in [5.41, 5.74) is 1.06. The van der Waals surface area contributed by atoms with Gasteiger partial charge in [0.2, 0.25) is 5.91 Å². The highest BCUT2D eigenvalue weighted by atomic mass is 16.5. The summed E-state index contributed by atoms with van der Waals surface area (Å²) in [6.07, 6.45) is 9.76. The zero-order valence-electron chi connectivity index (χ0n) is 13.2. The molecule has 1 fully saturated rings. The van der Waals surface area contributed by atoms with E-state index in [1.54, 1.807) is 17.1 Å². The summed E-state index contributed by atoms with van der Waals surface area (Å²) in [4.78, 5) is 18.3. The third kappa shape index (κ3) is 4.63. The van der Waals surface area contributed by atoms with Crippen molar-refractivity contribution in [1.82, 2.24) is 19.7 Å². The third-order valence-electron chi connectivity index (χ3n) is 4.05. The summed E-state index contributed by atoms with van der Waals surface area (Å²) in [6, 6.07) is 5.78. The second-order valence-corrected chi connectivity index (χ2v) is 5.80. The van der Waals surface area contributed by atoms with E-state index < -0.39 is 0 Å². The van der Waals surface area contributed by atoms with Crippen LogP contribution in [0.1, 0.15) is 24.8 Å². The van der Waals surface area contributed by atoms with Gasteiger partial charge in [0.25, 0.3) is 0 Å². The highest BCUT2D eigenvalue weighted by Gasteiger charge is 2.23. The van der Waals surface area contributed by atoms with Gasteiger partial charge >= 0.3 is 0 Å². The molecule has 3 heterocycles. The van der Waals surface area contributed by atoms with Crippen LogP contribution in [0.4, 0.5) is 0 Å². The van der Waals surface area contributed by atoms with E-state index in [2.05, 4.69) is 10.1 Å². The molecule has 0 aromatic carbocycles. The van der Waals surface area contributed by atoms with Gasteiger partial charge < -0.3 is 9.64 Å². The van der Waals surface area contributed by atoms with Crippen LogP contribution in [-0.4, -0.2) is 44.8 Å². The van der Waals surface area contributed by atoms with Gasteiger partial charge in [-0.25, -0.2) is 0 Å². The van der Waals surface area contributed by atoms with Crippen LogP contribution in [0.2, 0.25) is 0 Å². The molecule has 2 aromatic rings. The first-order valence-corrected chi connectivity index (χ1v) is 8.07. The number of carbonyl (C=O) groups is 1. The van der Waals surface area contributed by atoms with Crippen LogP contribution in [-0.2, 0) is 22.7 Å². The number of hydrogen-bond donors (Lipinski definition) is 0. The number of likely N-dealkylation sites (tertiary alicyclic amines) is 1. The molecule has 0 aliphatic carbocycles. The first-order valence-electron chi connectivity index (χ1n) is 8.07. The van der Waals surface area contributed by atoms with E-state index in [0.29, 0.717) is 26.1 Å². The maximum atomic E-state index is 12.3. The molecular formula is C17H22N4O2. The van der Waals surface area contributed by atoms with Crippen molar-refractivity contribution in [2.24, 2.45) is 0 Å². The SMILES string of the molecule is O=C(CCn1cccn1)N1CCC[C@H](OCc2cccnc2)C1. The summed E-state index contributed by atoms with van der Waals surface area (Å²) >= 11 is 0. The van der Waals surface area contributed by atoms with Crippen LogP contribution in [0.3, 0.4) is 0 Å². The van der Waals surface area contributed by atoms with Crippen molar-refractivity contribution in [3.63, 3.8) is 0 Å². The quantitative estimate of drug-likeness (QED) is 0.817. The number of piperidine rings is 1. The molecule has 1 aliphatic heterocycles. The van der Waals surface area contributed by atoms with Gasteiger partial charge in [-0.3, -0.25) is 14.5 Å². The Morgan fingerprint density at radius 3 is 3.09 bits per heavy atom. The Hall–Kier alpha value is -2.21. The van der Waals surface area contributed by atoms with Crippen molar-refractivity contribution in [3.8, 4) is 0 Å². The van der Waals surface area contributed by atoms with Crippen molar-refractivity contribution in [3.05, 3.63) is 48.5 Å². The number of hydrogen-bond acceptors (Lipinski definition) is 4. The van der Waals surface area contributed by atoms with E-state index in [-0.39, 0.29) is 12.0 Å². The number of aromatic nitrogens is 3. The van der Waals surface area contributed by atoms with Gasteiger partial charge in [-0.2, -0.15) is 5.10 Å². The lowest BCUT2D eigenvalue weighted by Gasteiger charge is -2.32. The number of rotatable bonds is 6. The van der Waals surface area contributed by atoms with Gasteiger partial charge in [-0.15, -0.1) is 0 Å². The molecule has 0 N–H and O–H groups in total. The molecule has 6 nitrogen and oxygen atoms in total. The average Bonchev–Trinajstić information content (AvgIpc) is 3.12. The van der Waals surface area contributed by atoms with Crippen LogP contribution in [0.15, 0.2) is 43.0 Å². The second-order valence-electron chi connectivity index (χ2n) is 5.80. The average molecular weight is 314 g/mol. The van der Waals surface area contributed by atoms with Crippen LogP contribution in [0, 0.1) is 0 Å². The Morgan fingerprint density at radius 2 is 2.30 bits per heavy atom. The summed E-state index contributed by atoms with van der Waals surface area (Å²) in [7, 11) is 0. The molecule has 0 bridgehead atoms. The molecule has 3 rings (SSSR count). The smallest absolute Gasteiger partial charge is 0.224 e. The molecule has 0 unspecified atom stereocenters. The van der Waals surface area contributed by atoms with E-state index in [1.807, 2.05) is 35.5 Å². The summed E-state index contributed by atoms with van der Waals surface area (Å²) in [6.45, 7) is 2.68. The summed E-state index contributed by atoms with van der Waals surface area (Å²) < 4.78 is 7.74. The fraction of sp³-hybridized carbons (Fsp3) is 0.471. The van der Waals surface area contributed by atoms with Crippen molar-refractivity contribution >= 4 is 5.91 Å². The standard InChI is InChI=1S/C17H22N4O2/c22-17(6-11-21-10-3-8-19-21)20-9-2-5-16(13-20)23-14-15-4-1-7-18-12-15/h1,3-4,7-8,10,12,16H,2,5-6,9,11,13-14H2/t16-/m0/s1. The molecule has 1 saturated heterocycles. The van der Waals surface area contributed by atoms with E-state index in [0.717, 1.165) is 24.9 Å². The van der Waals surface area contributed by atoms with Crippen molar-refractivity contribution in [2.45, 2.75) is 38.5 Å². The van der Waals surface area contributed by atoms with E-state index >= 15 is 0 Å². The minimum absolute atomic E-state index is 0.109. The predicted molar refractivity (Wildman–Crippen MR) is 85.5 cm³/mol. The highest BCUT2D eigenvalue weighted by Crippen LogP contribution is 2.16. The molecule has 0 radical (unpaired) electrons. The molecule has 1 amide bonds. The molecule has 1 aliphatic rings. The van der Waals surface area contributed by atoms with Crippen molar-refractivity contribution < 1.29 is 9.53 Å². The van der Waals surface area contributed by atoms with Crippen molar-refractivity contribution in [1.29, 1.82) is 0 Å². The van der Waals surface area contributed by atoms with E-state index in [9.17, 15) is 4.79 Å². The zero-order valence-corrected chi connectivity index (χ0v) is 13.2. The lowest BCUT2D eigenvalue weighted by molar-refractivity contribution is -0.135. The Labute approximate surface area is 136 Å². The number of pyridine rings is 1. The zero-order chi connectivity index (χ0) is 15.9. The Balaban J connectivity index is 1.44. The maximum Gasteiger partial charge on any atom is 0.224 e. The fourth-order valence-electron chi connectivity index (χ4n) is 2.80. The Morgan fingerprint density at radius 1 is 1.35 bits per heavy atom. The van der Waals surface area contributed by atoms with Gasteiger partial charge in [0.15, 0.2) is 0 Å². The molecule has 6 heteroatoms. The molecule has 0 saturated carbocycles. The highest BCUT2D eigenvalue weighted by molar-refractivity contribution is 5.76. The number of aryl methyl sites for hydroxylation is 1. The Bertz CT molecular complexity index is 600. The molecule has 1 atom stereocenters. The minimum atomic E-state index is 0.109. The number of nitrogens with zero attached hydrogens (tertiary/aromatic N) is 4. The van der Waals surface area contributed by atoms with Gasteiger partial charge in [-0.1, -0.05) is 6.07 Å². The minimum Gasteiger partial charge on any atom is -0.372 e. The monoisotopic (exact) mass is 314 g/mol. The lowest BCUT2D eigenvalue weighted by Crippen LogP contribution is -2.43. The lowest BCUT2D eigenvalue weighted by atomic mass is 10.1. The molecule has 0 spiro atoms. The third-order valence-corrected chi connectivity index (χ3v) is 4.05. The van der Waals surface area contributed by atoms with Crippen LogP contribution in [0.5, 0.6) is 0 Å². The summed E-state index contributed by atoms with van der Waals surface area (Å²) in [5.74, 6) is 0.176. The molecular weight excluding hydrogens is 292 g/mol. The van der Waals surface area contributed by atoms with Gasteiger partial charge in [0.1, 0.15) is 0 Å². The number of amides is 1. The molecule has 122 valence electrons. The summed E-state index contributed by atoms with van der Waals surface area (Å²) in [5, 5.41) is 4.13. The maximum absolute atomic E-state index is 12.3. The fourth-order valence-corrected chi connectivity index (χ4v) is 2.80. The van der Waals surface area contributed by atoms with E-state index in [4.69, 9.17) is 4.74 Å².